The quantitative estimate of drug-likeness (QED) is 0.530. The first-order valence-corrected chi connectivity index (χ1v) is 5.96. The van der Waals surface area contributed by atoms with Gasteiger partial charge in [-0.15, -0.1) is 0 Å². The molecule has 1 N–H and O–H groups in total. The van der Waals surface area contributed by atoms with Gasteiger partial charge in [-0.25, -0.2) is 0 Å². The lowest BCUT2D eigenvalue weighted by atomic mass is 9.70. The smallest absolute Gasteiger partial charge is 0.0663 e. The minimum absolute atomic E-state index is 0.263. The highest BCUT2D eigenvalue weighted by Crippen LogP contribution is 2.58. The second kappa shape index (κ2) is 2.74. The molecule has 2 bridgehead atoms. The van der Waals surface area contributed by atoms with E-state index in [-0.39, 0.29) is 5.41 Å². The predicted molar refractivity (Wildman–Crippen MR) is 55.5 cm³/mol. The van der Waals surface area contributed by atoms with Gasteiger partial charge < -0.3 is 5.21 Å². The Balaban J connectivity index is 1.88. The fourth-order valence-electron chi connectivity index (χ4n) is 3.87. The van der Waals surface area contributed by atoms with E-state index in [1.54, 1.807) is 0 Å². The zero-order valence-corrected chi connectivity index (χ0v) is 8.87. The van der Waals surface area contributed by atoms with Crippen molar-refractivity contribution >= 4 is 5.71 Å². The normalized spacial score (nSPS) is 49.1. The molecule has 3 saturated carbocycles. The maximum Gasteiger partial charge on any atom is 0.0663 e. The molecule has 0 heterocycles. The molecule has 0 spiro atoms. The number of nitrogens with zero attached hydrogens (tertiary/aromatic N) is 1. The number of hydrogen-bond acceptors (Lipinski definition) is 2. The predicted octanol–water partition coefficient (Wildman–Crippen LogP) is 3.05. The van der Waals surface area contributed by atoms with Crippen molar-refractivity contribution in [3.05, 3.63) is 0 Å². The van der Waals surface area contributed by atoms with E-state index < -0.39 is 0 Å². The molecule has 3 atom stereocenters. The largest absolute Gasteiger partial charge is 0.411 e. The molecule has 0 amide bonds. The lowest BCUT2D eigenvalue weighted by Crippen LogP contribution is -2.34. The average molecular weight is 193 g/mol. The molecule has 0 saturated heterocycles. The Morgan fingerprint density at radius 1 is 1.36 bits per heavy atom. The zero-order chi connectivity index (χ0) is 9.76. The second-order valence-electron chi connectivity index (χ2n) is 5.76. The van der Waals surface area contributed by atoms with Crippen molar-refractivity contribution in [3.63, 3.8) is 0 Å². The molecule has 0 aliphatic heterocycles. The van der Waals surface area contributed by atoms with Gasteiger partial charge in [-0.2, -0.15) is 0 Å². The molecule has 0 unspecified atom stereocenters. The van der Waals surface area contributed by atoms with Crippen LogP contribution in [0.2, 0.25) is 0 Å². The standard InChI is InChI=1S/C12H19NO/c1-12(7-8-2-3-8)10-5-4-9(6-10)11(12)13-14/h8-10,14H,2-7H2,1H3/b13-11-/t9-,10+,12-/m1/s1. The summed E-state index contributed by atoms with van der Waals surface area (Å²) in [5.74, 6) is 2.38. The zero-order valence-electron chi connectivity index (χ0n) is 8.87. The van der Waals surface area contributed by atoms with Gasteiger partial charge in [-0.05, 0) is 37.5 Å². The lowest BCUT2D eigenvalue weighted by molar-refractivity contribution is 0.248. The highest BCUT2D eigenvalue weighted by atomic mass is 16.4. The van der Waals surface area contributed by atoms with Crippen LogP contribution in [0, 0.1) is 23.2 Å². The van der Waals surface area contributed by atoms with Gasteiger partial charge in [-0.3, -0.25) is 0 Å². The van der Waals surface area contributed by atoms with E-state index in [1.807, 2.05) is 0 Å². The van der Waals surface area contributed by atoms with Crippen LogP contribution in [0.25, 0.3) is 0 Å². The summed E-state index contributed by atoms with van der Waals surface area (Å²) in [5, 5.41) is 12.8. The van der Waals surface area contributed by atoms with Crippen LogP contribution in [0.15, 0.2) is 5.16 Å². The fraction of sp³-hybridized carbons (Fsp3) is 0.917. The van der Waals surface area contributed by atoms with E-state index in [4.69, 9.17) is 5.21 Å². The Hall–Kier alpha value is -0.530. The van der Waals surface area contributed by atoms with Gasteiger partial charge in [0.15, 0.2) is 0 Å². The molecular formula is C12H19NO. The van der Waals surface area contributed by atoms with E-state index in [2.05, 4.69) is 12.1 Å². The van der Waals surface area contributed by atoms with Crippen LogP contribution in [0.3, 0.4) is 0 Å². The van der Waals surface area contributed by atoms with Gasteiger partial charge in [0.05, 0.1) is 5.71 Å². The monoisotopic (exact) mass is 193 g/mol. The Labute approximate surface area is 85.4 Å². The van der Waals surface area contributed by atoms with Crippen molar-refractivity contribution in [2.24, 2.45) is 28.3 Å². The minimum Gasteiger partial charge on any atom is -0.411 e. The lowest BCUT2D eigenvalue weighted by Gasteiger charge is -2.34. The summed E-state index contributed by atoms with van der Waals surface area (Å²) >= 11 is 0. The average Bonchev–Trinajstić information content (AvgIpc) is 2.77. The molecule has 0 aromatic carbocycles. The number of hydrogen-bond donors (Lipinski definition) is 1. The molecule has 2 nitrogen and oxygen atoms in total. The molecule has 3 aliphatic rings. The molecule has 14 heavy (non-hydrogen) atoms. The maximum absolute atomic E-state index is 9.14. The molecule has 3 aliphatic carbocycles. The van der Waals surface area contributed by atoms with Crippen molar-refractivity contribution in [2.75, 3.05) is 0 Å². The van der Waals surface area contributed by atoms with Gasteiger partial charge in [0.25, 0.3) is 0 Å². The highest BCUT2D eigenvalue weighted by Gasteiger charge is 2.54. The fourth-order valence-corrected chi connectivity index (χ4v) is 3.87. The molecule has 3 fully saturated rings. The SMILES string of the molecule is C[C@]1(CC2CC2)/C(=N\O)[C@@H]2CC[C@H]1C2. The number of oxime groups is 1. The van der Waals surface area contributed by atoms with Crippen LogP contribution >= 0.6 is 0 Å². The summed E-state index contributed by atoms with van der Waals surface area (Å²) in [5.41, 5.74) is 1.40. The Morgan fingerprint density at radius 3 is 2.79 bits per heavy atom. The van der Waals surface area contributed by atoms with E-state index in [9.17, 15) is 0 Å². The molecule has 0 aromatic heterocycles. The van der Waals surface area contributed by atoms with Gasteiger partial charge in [0.1, 0.15) is 0 Å². The number of fused-ring (bicyclic) bond motifs is 2. The molecule has 3 rings (SSSR count). The Bertz CT molecular complexity index is 282. The van der Waals surface area contributed by atoms with Crippen LogP contribution in [-0.4, -0.2) is 10.9 Å². The van der Waals surface area contributed by atoms with Crippen LogP contribution in [0.5, 0.6) is 0 Å². The summed E-state index contributed by atoms with van der Waals surface area (Å²) in [6.45, 7) is 2.34. The van der Waals surface area contributed by atoms with E-state index in [0.29, 0.717) is 5.92 Å². The molecule has 0 radical (unpaired) electrons. The summed E-state index contributed by atoms with van der Waals surface area (Å²) in [6, 6.07) is 0. The van der Waals surface area contributed by atoms with Gasteiger partial charge in [0.2, 0.25) is 0 Å². The summed E-state index contributed by atoms with van der Waals surface area (Å²) in [4.78, 5) is 0. The third-order valence-corrected chi connectivity index (χ3v) is 4.82. The highest BCUT2D eigenvalue weighted by molar-refractivity contribution is 5.94. The van der Waals surface area contributed by atoms with Crippen molar-refractivity contribution in [2.45, 2.75) is 45.4 Å². The summed E-state index contributed by atoms with van der Waals surface area (Å²) in [6.07, 6.45) is 8.03. The van der Waals surface area contributed by atoms with Crippen molar-refractivity contribution in [1.82, 2.24) is 0 Å². The first-order valence-electron chi connectivity index (χ1n) is 5.96. The van der Waals surface area contributed by atoms with E-state index in [1.165, 1.54) is 38.5 Å². The molecule has 78 valence electrons. The summed E-state index contributed by atoms with van der Waals surface area (Å²) < 4.78 is 0. The second-order valence-corrected chi connectivity index (χ2v) is 5.76. The van der Waals surface area contributed by atoms with Crippen LogP contribution in [-0.2, 0) is 0 Å². The first kappa shape index (κ1) is 8.75. The van der Waals surface area contributed by atoms with Crippen LogP contribution < -0.4 is 0 Å². The summed E-state index contributed by atoms with van der Waals surface area (Å²) in [7, 11) is 0. The van der Waals surface area contributed by atoms with Gasteiger partial charge in [0, 0.05) is 11.3 Å². The van der Waals surface area contributed by atoms with Crippen molar-refractivity contribution in [3.8, 4) is 0 Å². The van der Waals surface area contributed by atoms with Gasteiger partial charge >= 0.3 is 0 Å². The first-order chi connectivity index (χ1) is 6.74. The van der Waals surface area contributed by atoms with E-state index >= 15 is 0 Å². The van der Waals surface area contributed by atoms with Crippen LogP contribution in [0.1, 0.15) is 45.4 Å². The Kier molecular flexibility index (Phi) is 1.71. The molecule has 0 aromatic rings. The van der Waals surface area contributed by atoms with E-state index in [0.717, 1.165) is 17.5 Å². The number of rotatable bonds is 2. The molecule has 2 heteroatoms. The Morgan fingerprint density at radius 2 is 2.14 bits per heavy atom. The van der Waals surface area contributed by atoms with Crippen molar-refractivity contribution in [1.29, 1.82) is 0 Å². The van der Waals surface area contributed by atoms with Crippen molar-refractivity contribution < 1.29 is 5.21 Å². The minimum atomic E-state index is 0.263. The topological polar surface area (TPSA) is 32.6 Å². The van der Waals surface area contributed by atoms with Gasteiger partial charge in [-0.1, -0.05) is 24.9 Å². The third kappa shape index (κ3) is 1.06. The maximum atomic E-state index is 9.14. The van der Waals surface area contributed by atoms with Crippen LogP contribution in [0.4, 0.5) is 0 Å². The molecular weight excluding hydrogens is 174 g/mol. The third-order valence-electron chi connectivity index (χ3n) is 4.82.